The first kappa shape index (κ1) is 21.3. The summed E-state index contributed by atoms with van der Waals surface area (Å²) in [7, 11) is 3.07. The molecule has 1 N–H and O–H groups in total. The summed E-state index contributed by atoms with van der Waals surface area (Å²) in [6.07, 6.45) is 6.60. The molecule has 0 spiro atoms. The Balaban J connectivity index is 0.000000158. The number of rotatable bonds is 4. The molecule has 0 radical (unpaired) electrons. The lowest BCUT2D eigenvalue weighted by Crippen LogP contribution is -2.27. The summed E-state index contributed by atoms with van der Waals surface area (Å²) in [6.45, 7) is 1.79. The van der Waals surface area contributed by atoms with Gasteiger partial charge in [-0.1, -0.05) is 6.07 Å². The van der Waals surface area contributed by atoms with Crippen LogP contribution in [0.5, 0.6) is 0 Å². The summed E-state index contributed by atoms with van der Waals surface area (Å²) in [6, 6.07) is 6.51. The van der Waals surface area contributed by atoms with E-state index >= 15 is 0 Å². The topological polar surface area (TPSA) is 65.1 Å². The van der Waals surface area contributed by atoms with E-state index in [1.807, 2.05) is 23.5 Å². The van der Waals surface area contributed by atoms with Crippen LogP contribution in [0.1, 0.15) is 48.4 Å². The van der Waals surface area contributed by atoms with E-state index in [4.69, 9.17) is 4.65 Å². The van der Waals surface area contributed by atoms with E-state index in [0.717, 1.165) is 28.9 Å². The van der Waals surface area contributed by atoms with Crippen molar-refractivity contribution in [1.82, 2.24) is 19.6 Å². The fourth-order valence-corrected chi connectivity index (χ4v) is 4.23. The highest BCUT2D eigenvalue weighted by Crippen LogP contribution is 2.32. The molecule has 3 aromatic rings. The predicted octanol–water partition coefficient (Wildman–Crippen LogP) is 3.06. The van der Waals surface area contributed by atoms with Crippen LogP contribution in [0.3, 0.4) is 0 Å². The first-order valence-corrected chi connectivity index (χ1v) is 10.9. The molecule has 3 heterocycles. The molecule has 1 fully saturated rings. The average molecular weight is 475 g/mol. The zero-order valence-corrected chi connectivity index (χ0v) is 18.9. The second-order valence-electron chi connectivity index (χ2n) is 8.10. The van der Waals surface area contributed by atoms with E-state index in [0.29, 0.717) is 5.46 Å². The standard InChI is InChI=1S/C13H17BrN4.C8H8BFO2/c1-17-8-10(13(14)16-17)6-12-7-11(15-18(12)2)5-9-3-4-9;1-5-7-4-6(10)2-3-8(7)9(11)12-5/h7-9H,3-6H2,1-2H3;2-5,11H,1H3/t;5-/m.1/s1. The van der Waals surface area contributed by atoms with Crippen LogP contribution in [0, 0.1) is 11.7 Å². The molecule has 2 aliphatic rings. The zero-order valence-electron chi connectivity index (χ0n) is 17.3. The van der Waals surface area contributed by atoms with Gasteiger partial charge in [-0.15, -0.1) is 0 Å². The minimum absolute atomic E-state index is 0.217. The van der Waals surface area contributed by atoms with Crippen molar-refractivity contribution in [2.45, 2.75) is 38.7 Å². The van der Waals surface area contributed by atoms with Gasteiger partial charge in [0, 0.05) is 38.0 Å². The third kappa shape index (κ3) is 4.84. The van der Waals surface area contributed by atoms with Gasteiger partial charge in [-0.3, -0.25) is 9.36 Å². The van der Waals surface area contributed by atoms with Crippen LogP contribution in [0.25, 0.3) is 0 Å². The number of nitrogens with zero attached hydrogens (tertiary/aromatic N) is 4. The largest absolute Gasteiger partial charge is 0.491 e. The second kappa shape index (κ2) is 8.65. The Labute approximate surface area is 184 Å². The molecule has 30 heavy (non-hydrogen) atoms. The van der Waals surface area contributed by atoms with E-state index in [1.54, 1.807) is 13.0 Å². The molecule has 1 atom stereocenters. The molecule has 0 amide bonds. The Morgan fingerprint density at radius 2 is 2.03 bits per heavy atom. The number of benzene rings is 1. The Hall–Kier alpha value is -1.97. The van der Waals surface area contributed by atoms with Gasteiger partial charge in [0.1, 0.15) is 10.4 Å². The zero-order chi connectivity index (χ0) is 21.4. The minimum Gasteiger partial charge on any atom is -0.423 e. The highest BCUT2D eigenvalue weighted by Gasteiger charge is 2.32. The minimum atomic E-state index is -0.893. The van der Waals surface area contributed by atoms with Crippen molar-refractivity contribution in [3.8, 4) is 0 Å². The van der Waals surface area contributed by atoms with E-state index < -0.39 is 7.12 Å². The molecule has 1 aliphatic carbocycles. The maximum absolute atomic E-state index is 12.7. The maximum Gasteiger partial charge on any atom is 0.491 e. The van der Waals surface area contributed by atoms with Crippen molar-refractivity contribution in [3.05, 3.63) is 63.4 Å². The van der Waals surface area contributed by atoms with Crippen molar-refractivity contribution in [1.29, 1.82) is 0 Å². The number of aromatic nitrogens is 4. The van der Waals surface area contributed by atoms with Gasteiger partial charge in [0.15, 0.2) is 0 Å². The first-order chi connectivity index (χ1) is 14.3. The van der Waals surface area contributed by atoms with Gasteiger partial charge < -0.3 is 9.68 Å². The number of aryl methyl sites for hydroxylation is 2. The summed E-state index contributed by atoms with van der Waals surface area (Å²) in [4.78, 5) is 0. The summed E-state index contributed by atoms with van der Waals surface area (Å²) in [5.74, 6) is 0.594. The van der Waals surface area contributed by atoms with Crippen LogP contribution in [0.2, 0.25) is 0 Å². The molecular weight excluding hydrogens is 450 g/mol. The lowest BCUT2D eigenvalue weighted by Gasteiger charge is -2.02. The molecule has 0 saturated heterocycles. The van der Waals surface area contributed by atoms with Crippen LogP contribution < -0.4 is 5.46 Å². The Kier molecular flexibility index (Phi) is 6.13. The van der Waals surface area contributed by atoms with Crippen molar-refractivity contribution in [2.24, 2.45) is 20.0 Å². The van der Waals surface area contributed by atoms with Gasteiger partial charge in [0.25, 0.3) is 0 Å². The van der Waals surface area contributed by atoms with E-state index in [9.17, 15) is 9.41 Å². The average Bonchev–Trinajstić information content (AvgIpc) is 3.26. The van der Waals surface area contributed by atoms with Gasteiger partial charge in [0.2, 0.25) is 0 Å². The molecule has 1 aliphatic heterocycles. The predicted molar refractivity (Wildman–Crippen MR) is 117 cm³/mol. The molecule has 9 heteroatoms. The highest BCUT2D eigenvalue weighted by atomic mass is 79.9. The van der Waals surface area contributed by atoms with Crippen LogP contribution in [0.15, 0.2) is 35.1 Å². The smallest absolute Gasteiger partial charge is 0.423 e. The lowest BCUT2D eigenvalue weighted by atomic mass is 9.79. The van der Waals surface area contributed by atoms with Crippen LogP contribution in [-0.2, 0) is 31.6 Å². The Morgan fingerprint density at radius 1 is 1.27 bits per heavy atom. The summed E-state index contributed by atoms with van der Waals surface area (Å²) in [5, 5.41) is 18.2. The molecule has 0 unspecified atom stereocenters. The van der Waals surface area contributed by atoms with Gasteiger partial charge in [0.05, 0.1) is 11.8 Å². The molecule has 2 aromatic heterocycles. The SMILES string of the molecule is C[C@H]1OB(O)c2ccc(F)cc21.Cn1cc(Cc2cc(CC3CC3)nn2C)c(Br)n1. The maximum atomic E-state index is 12.7. The third-order valence-electron chi connectivity index (χ3n) is 5.53. The van der Waals surface area contributed by atoms with Crippen molar-refractivity contribution in [3.63, 3.8) is 0 Å². The second-order valence-corrected chi connectivity index (χ2v) is 8.85. The molecule has 5 rings (SSSR count). The van der Waals surface area contributed by atoms with Crippen LogP contribution in [0.4, 0.5) is 4.39 Å². The van der Waals surface area contributed by atoms with Gasteiger partial charge in [-0.25, -0.2) is 4.39 Å². The molecule has 1 aromatic carbocycles. The van der Waals surface area contributed by atoms with Crippen LogP contribution in [-0.4, -0.2) is 31.7 Å². The first-order valence-electron chi connectivity index (χ1n) is 10.1. The molecule has 1 saturated carbocycles. The fourth-order valence-electron chi connectivity index (χ4n) is 3.74. The fraction of sp³-hybridized carbons (Fsp3) is 0.429. The van der Waals surface area contributed by atoms with Gasteiger partial charge >= 0.3 is 7.12 Å². The van der Waals surface area contributed by atoms with Crippen molar-refractivity contribution >= 4 is 28.5 Å². The monoisotopic (exact) mass is 474 g/mol. The lowest BCUT2D eigenvalue weighted by molar-refractivity contribution is 0.208. The van der Waals surface area contributed by atoms with Gasteiger partial charge in [-0.05, 0) is 77.3 Å². The Morgan fingerprint density at radius 3 is 2.70 bits per heavy atom. The molecule has 6 nitrogen and oxygen atoms in total. The molecule has 158 valence electrons. The number of hydrogen-bond acceptors (Lipinski definition) is 4. The molecule has 0 bridgehead atoms. The molecular formula is C21H25BBrFN4O2. The number of fused-ring (bicyclic) bond motifs is 1. The summed E-state index contributed by atoms with van der Waals surface area (Å²) in [5.41, 5.74) is 5.10. The summed E-state index contributed by atoms with van der Waals surface area (Å²) < 4.78 is 22.6. The highest BCUT2D eigenvalue weighted by molar-refractivity contribution is 9.10. The van der Waals surface area contributed by atoms with E-state index in [-0.39, 0.29) is 11.9 Å². The van der Waals surface area contributed by atoms with E-state index in [2.05, 4.69) is 38.4 Å². The summed E-state index contributed by atoms with van der Waals surface area (Å²) >= 11 is 3.49. The Bertz CT molecular complexity index is 1050. The van der Waals surface area contributed by atoms with Crippen LogP contribution >= 0.6 is 15.9 Å². The van der Waals surface area contributed by atoms with Gasteiger partial charge in [-0.2, -0.15) is 10.2 Å². The normalized spacial score (nSPS) is 17.7. The van der Waals surface area contributed by atoms with E-state index in [1.165, 1.54) is 41.9 Å². The number of halogens is 2. The number of hydrogen-bond donors (Lipinski definition) is 1. The van der Waals surface area contributed by atoms with Crippen molar-refractivity contribution < 1.29 is 14.1 Å². The third-order valence-corrected chi connectivity index (χ3v) is 6.20. The van der Waals surface area contributed by atoms with Crippen molar-refractivity contribution in [2.75, 3.05) is 0 Å². The quantitative estimate of drug-likeness (QED) is 0.590.